The standard InChI is InChI=1S/C22H31N5O6.C14H16N2O4.C9H18N2O3/c1-14(23-20(30)33-22(2,3)4)18(28)24-25-19(29)17-11-10-16-12-26(17)21(31)27(16)32-13-15-8-6-5-7-9-15;17-13(18)12-7-6-11-8-15(12)14(19)16(11)20-9-10-4-2-1-3-5-10;1-6(7(12)5-10)11-8(13)14-9(2,3)4/h5-9,14,16-17H,10-13H2,1-4H3,(H,23,30)(H,24,28)(H,25,29);1-5,11-12H,6-9H2,(H,17,18);6H,5,10H2,1-4H3,(H,11,13)/t14-,16-,17+;11-,12+;6-/m111/s1. The zero-order valence-electron chi connectivity index (χ0n) is 39.3. The Bertz CT molecular complexity index is 2050. The van der Waals surface area contributed by atoms with Crippen molar-refractivity contribution in [1.29, 1.82) is 0 Å². The number of aliphatic carboxylic acids is 1. The lowest BCUT2D eigenvalue weighted by Crippen LogP contribution is -2.57. The van der Waals surface area contributed by atoms with Gasteiger partial charge in [-0.3, -0.25) is 34.9 Å². The topological polar surface area (TPSA) is 281 Å². The fourth-order valence-electron chi connectivity index (χ4n) is 7.17. The minimum atomic E-state index is -0.943. The van der Waals surface area contributed by atoms with Gasteiger partial charge in [-0.25, -0.2) is 24.0 Å². The molecular formula is C45H65N9O13. The van der Waals surface area contributed by atoms with E-state index in [9.17, 15) is 38.4 Å². The molecule has 4 aliphatic heterocycles. The van der Waals surface area contributed by atoms with Gasteiger partial charge in [-0.15, -0.1) is 0 Å². The Hall–Kier alpha value is -6.52. The number of hydroxylamine groups is 4. The van der Waals surface area contributed by atoms with E-state index in [4.69, 9.17) is 30.0 Å². The van der Waals surface area contributed by atoms with E-state index in [-0.39, 0.29) is 43.1 Å². The maximum absolute atomic E-state index is 12.8. The van der Waals surface area contributed by atoms with Crippen molar-refractivity contribution in [2.45, 2.75) is 142 Å². The molecule has 22 nitrogen and oxygen atoms in total. The van der Waals surface area contributed by atoms with E-state index in [1.165, 1.54) is 26.8 Å². The molecule has 8 amide bonds. The van der Waals surface area contributed by atoms with E-state index in [0.29, 0.717) is 45.4 Å². The quantitative estimate of drug-likeness (QED) is 0.157. The average molecular weight is 940 g/mol. The van der Waals surface area contributed by atoms with Gasteiger partial charge < -0.3 is 40.7 Å². The Kier molecular flexibility index (Phi) is 18.8. The van der Waals surface area contributed by atoms with Crippen LogP contribution in [0.4, 0.5) is 19.2 Å². The smallest absolute Gasteiger partial charge is 0.408 e. The van der Waals surface area contributed by atoms with Gasteiger partial charge in [0.25, 0.3) is 11.8 Å². The summed E-state index contributed by atoms with van der Waals surface area (Å²) in [4.78, 5) is 109. The number of carboxylic acids is 1. The van der Waals surface area contributed by atoms with Crippen LogP contribution in [0.3, 0.4) is 0 Å². The maximum atomic E-state index is 12.8. The normalized spacial score (nSPS) is 20.5. The number of piperidine rings is 2. The van der Waals surface area contributed by atoms with Crippen LogP contribution in [-0.4, -0.2) is 140 Å². The highest BCUT2D eigenvalue weighted by molar-refractivity contribution is 5.91. The molecule has 22 heteroatoms. The molecular weight excluding hydrogens is 875 g/mol. The van der Waals surface area contributed by atoms with Crippen molar-refractivity contribution in [3.63, 3.8) is 0 Å². The number of carbonyl (C=O) groups excluding carboxylic acids is 7. The van der Waals surface area contributed by atoms with Gasteiger partial charge in [-0.1, -0.05) is 60.7 Å². The summed E-state index contributed by atoms with van der Waals surface area (Å²) in [5, 5.41) is 16.6. The Morgan fingerprint density at radius 2 is 1.07 bits per heavy atom. The number of carbonyl (C=O) groups is 8. The summed E-state index contributed by atoms with van der Waals surface area (Å²) >= 11 is 0. The number of rotatable bonds is 13. The highest BCUT2D eigenvalue weighted by atomic mass is 16.7. The van der Waals surface area contributed by atoms with Gasteiger partial charge in [0.1, 0.15) is 42.5 Å². The molecule has 4 aliphatic rings. The number of urea groups is 2. The average Bonchev–Trinajstić information content (AvgIpc) is 3.64. The van der Waals surface area contributed by atoms with Crippen LogP contribution in [0.1, 0.15) is 92.2 Å². The van der Waals surface area contributed by atoms with Gasteiger partial charge >= 0.3 is 30.2 Å². The molecule has 6 atom stereocenters. The molecule has 4 bridgehead atoms. The molecule has 7 N–H and O–H groups in total. The number of amides is 8. The fraction of sp³-hybridized carbons (Fsp3) is 0.556. The third-order valence-electron chi connectivity index (χ3n) is 10.5. The maximum Gasteiger partial charge on any atom is 0.408 e. The molecule has 4 heterocycles. The van der Waals surface area contributed by atoms with Gasteiger partial charge in [0.05, 0.1) is 24.7 Å². The molecule has 0 saturated carbocycles. The van der Waals surface area contributed by atoms with Crippen LogP contribution in [0.25, 0.3) is 0 Å². The van der Waals surface area contributed by atoms with Gasteiger partial charge in [-0.05, 0) is 92.2 Å². The summed E-state index contributed by atoms with van der Waals surface area (Å²) in [5.74, 6) is -2.30. The summed E-state index contributed by atoms with van der Waals surface area (Å²) in [6.45, 7) is 14.7. The number of Topliss-reactive ketones (excluding diaryl/α,β-unsaturated/α-hetero) is 1. The molecule has 0 aliphatic carbocycles. The van der Waals surface area contributed by atoms with Crippen LogP contribution >= 0.6 is 0 Å². The van der Waals surface area contributed by atoms with E-state index >= 15 is 0 Å². The molecule has 368 valence electrons. The summed E-state index contributed by atoms with van der Waals surface area (Å²) in [7, 11) is 0. The largest absolute Gasteiger partial charge is 0.480 e. The molecule has 67 heavy (non-hydrogen) atoms. The predicted octanol–water partition coefficient (Wildman–Crippen LogP) is 3.35. The second-order valence-electron chi connectivity index (χ2n) is 18.3. The number of benzene rings is 2. The van der Waals surface area contributed by atoms with Crippen molar-refractivity contribution in [2.75, 3.05) is 19.6 Å². The van der Waals surface area contributed by atoms with Gasteiger partial charge in [0, 0.05) is 13.1 Å². The summed E-state index contributed by atoms with van der Waals surface area (Å²) in [6, 6.07) is 15.2. The number of hydrazine groups is 1. The molecule has 2 aromatic rings. The number of fused-ring (bicyclic) bond motifs is 4. The van der Waals surface area contributed by atoms with E-state index in [1.807, 2.05) is 60.7 Å². The van der Waals surface area contributed by atoms with Crippen LogP contribution in [0.15, 0.2) is 60.7 Å². The molecule has 0 radical (unpaired) electrons. The second-order valence-corrected chi connectivity index (χ2v) is 18.3. The summed E-state index contributed by atoms with van der Waals surface area (Å²) in [5.41, 5.74) is 10.4. The zero-order chi connectivity index (χ0) is 49.6. The van der Waals surface area contributed by atoms with Gasteiger partial charge in [0.15, 0.2) is 5.78 Å². The number of nitrogens with two attached hydrogens (primary N) is 1. The van der Waals surface area contributed by atoms with Crippen LogP contribution < -0.4 is 27.2 Å². The SMILES string of the molecule is C[C@@H](NC(=O)OC(C)(C)C)C(=O)CN.C[C@@H](NC(=O)OC(C)(C)C)C(=O)NNC(=O)[C@@H]1CC[C@@H]2CN1C(=O)N2OCc1ccccc1.O=C(O)[C@@H]1CC[C@@H]2CN1C(=O)N2OCc1ccccc1. The first-order chi connectivity index (χ1) is 31.5. The summed E-state index contributed by atoms with van der Waals surface area (Å²) < 4.78 is 10.1. The molecule has 0 aromatic heterocycles. The highest BCUT2D eigenvalue weighted by Crippen LogP contribution is 2.32. The lowest BCUT2D eigenvalue weighted by Gasteiger charge is -2.29. The monoisotopic (exact) mass is 939 g/mol. The molecule has 4 saturated heterocycles. The van der Waals surface area contributed by atoms with Crippen LogP contribution in [0.5, 0.6) is 0 Å². The molecule has 6 rings (SSSR count). The zero-order valence-corrected chi connectivity index (χ0v) is 39.3. The lowest BCUT2D eigenvalue weighted by molar-refractivity contribution is -0.143. The molecule has 0 unspecified atom stereocenters. The van der Waals surface area contributed by atoms with E-state index < -0.39 is 65.3 Å². The predicted molar refractivity (Wildman–Crippen MR) is 240 cm³/mol. The van der Waals surface area contributed by atoms with Gasteiger partial charge in [0.2, 0.25) is 0 Å². The van der Waals surface area contributed by atoms with Crippen LogP contribution in [0, 0.1) is 0 Å². The summed E-state index contributed by atoms with van der Waals surface area (Å²) in [6.07, 6.45) is 0.833. The Balaban J connectivity index is 0.000000244. The Morgan fingerprint density at radius 1 is 0.657 bits per heavy atom. The molecule has 2 aromatic carbocycles. The van der Waals surface area contributed by atoms with Crippen molar-refractivity contribution in [3.05, 3.63) is 71.8 Å². The van der Waals surface area contributed by atoms with Crippen molar-refractivity contribution in [1.82, 2.24) is 41.4 Å². The number of nitrogens with zero attached hydrogens (tertiary/aromatic N) is 4. The van der Waals surface area contributed by atoms with E-state index in [1.54, 1.807) is 48.5 Å². The van der Waals surface area contributed by atoms with Crippen molar-refractivity contribution in [2.24, 2.45) is 5.73 Å². The fourth-order valence-corrected chi connectivity index (χ4v) is 7.17. The molecule has 4 fully saturated rings. The number of ether oxygens (including phenoxy) is 2. The van der Waals surface area contributed by atoms with E-state index in [0.717, 1.165) is 11.1 Å². The van der Waals surface area contributed by atoms with Crippen molar-refractivity contribution in [3.8, 4) is 0 Å². The third kappa shape index (κ3) is 16.1. The van der Waals surface area contributed by atoms with Crippen LogP contribution in [0.2, 0.25) is 0 Å². The lowest BCUT2D eigenvalue weighted by atomic mass is 10.0. The number of nitrogens with one attached hydrogen (secondary N) is 4. The number of carboxylic acid groups (broad SMARTS) is 1. The minimum absolute atomic E-state index is 0.0400. The number of alkyl carbamates (subject to hydrolysis) is 2. The van der Waals surface area contributed by atoms with Crippen molar-refractivity contribution >= 4 is 47.8 Å². The first-order valence-corrected chi connectivity index (χ1v) is 22.1. The first kappa shape index (κ1) is 53.1. The molecule has 0 spiro atoms. The number of hydrogen-bond donors (Lipinski definition) is 6. The minimum Gasteiger partial charge on any atom is -0.480 e. The highest BCUT2D eigenvalue weighted by Gasteiger charge is 2.49. The van der Waals surface area contributed by atoms with Gasteiger partial charge in [-0.2, -0.15) is 10.1 Å². The number of ketones is 1. The first-order valence-electron chi connectivity index (χ1n) is 22.1. The Morgan fingerprint density at radius 3 is 1.49 bits per heavy atom. The number of hydrogen-bond acceptors (Lipinski definition) is 13. The van der Waals surface area contributed by atoms with E-state index in [2.05, 4.69) is 21.5 Å². The van der Waals surface area contributed by atoms with Crippen molar-refractivity contribution < 1.29 is 62.6 Å². The van der Waals surface area contributed by atoms with Crippen LogP contribution in [-0.2, 0) is 51.5 Å². The second kappa shape index (κ2) is 23.8. The Labute approximate surface area is 390 Å². The third-order valence-corrected chi connectivity index (χ3v) is 10.5.